The fraction of sp³-hybridized carbons (Fsp3) is 0.562. The first-order chi connectivity index (χ1) is 8.66. The molecule has 1 saturated heterocycles. The summed E-state index contributed by atoms with van der Waals surface area (Å²) in [6.07, 6.45) is 2.77. The molecule has 1 fully saturated rings. The van der Waals surface area contributed by atoms with Crippen LogP contribution in [0, 0.1) is 5.92 Å². The van der Waals surface area contributed by atoms with Crippen LogP contribution >= 0.6 is 0 Å². The highest BCUT2D eigenvalue weighted by atomic mass is 16.1. The Labute approximate surface area is 110 Å². The lowest BCUT2D eigenvalue weighted by atomic mass is 9.91. The van der Waals surface area contributed by atoms with Gasteiger partial charge < -0.3 is 5.32 Å². The zero-order chi connectivity index (χ0) is 13.0. The summed E-state index contributed by atoms with van der Waals surface area (Å²) in [6, 6.07) is 8.49. The number of carbonyl (C=O) groups is 1. The van der Waals surface area contributed by atoms with Crippen molar-refractivity contribution >= 4 is 5.78 Å². The number of carbonyl (C=O) groups excluding carboxylic acids is 1. The second-order valence-electron chi connectivity index (χ2n) is 5.58. The Kier molecular flexibility index (Phi) is 4.54. The molecule has 0 aliphatic carbocycles. The zero-order valence-corrected chi connectivity index (χ0v) is 11.4. The molecular weight excluding hydrogens is 222 g/mol. The SMILES string of the molecule is CC(C)c1ccc(CC(=O)C2CCCNC2)cc1. The minimum atomic E-state index is 0.225. The Bertz CT molecular complexity index is 388. The molecule has 0 radical (unpaired) electrons. The van der Waals surface area contributed by atoms with Crippen LogP contribution in [0.5, 0.6) is 0 Å². The molecule has 1 heterocycles. The van der Waals surface area contributed by atoms with E-state index in [-0.39, 0.29) is 5.92 Å². The quantitative estimate of drug-likeness (QED) is 0.883. The van der Waals surface area contributed by atoms with E-state index in [2.05, 4.69) is 43.4 Å². The molecule has 1 N–H and O–H groups in total. The number of ketones is 1. The Morgan fingerprint density at radius 3 is 2.61 bits per heavy atom. The van der Waals surface area contributed by atoms with Gasteiger partial charge in [-0.25, -0.2) is 0 Å². The van der Waals surface area contributed by atoms with Crippen molar-refractivity contribution in [2.75, 3.05) is 13.1 Å². The number of Topliss-reactive ketones (excluding diaryl/α,β-unsaturated/α-hetero) is 1. The Balaban J connectivity index is 1.94. The molecule has 0 amide bonds. The van der Waals surface area contributed by atoms with Crippen LogP contribution in [0.1, 0.15) is 43.7 Å². The van der Waals surface area contributed by atoms with Crippen LogP contribution in [-0.2, 0) is 11.2 Å². The van der Waals surface area contributed by atoms with Gasteiger partial charge in [0.1, 0.15) is 5.78 Å². The molecule has 2 heteroatoms. The second-order valence-corrected chi connectivity index (χ2v) is 5.58. The molecule has 1 atom stereocenters. The molecule has 1 aliphatic rings. The minimum Gasteiger partial charge on any atom is -0.316 e. The maximum Gasteiger partial charge on any atom is 0.141 e. The standard InChI is InChI=1S/C16H23NO/c1-12(2)14-7-5-13(6-8-14)10-16(18)15-4-3-9-17-11-15/h5-8,12,15,17H,3-4,9-11H2,1-2H3. The summed E-state index contributed by atoms with van der Waals surface area (Å²) in [4.78, 5) is 12.1. The highest BCUT2D eigenvalue weighted by Crippen LogP contribution is 2.17. The highest BCUT2D eigenvalue weighted by Gasteiger charge is 2.20. The van der Waals surface area contributed by atoms with Gasteiger partial charge in [0.2, 0.25) is 0 Å². The van der Waals surface area contributed by atoms with E-state index in [9.17, 15) is 4.79 Å². The predicted molar refractivity (Wildman–Crippen MR) is 74.8 cm³/mol. The monoisotopic (exact) mass is 245 g/mol. The van der Waals surface area contributed by atoms with Gasteiger partial charge in [-0.15, -0.1) is 0 Å². The van der Waals surface area contributed by atoms with Crippen molar-refractivity contribution in [2.24, 2.45) is 5.92 Å². The van der Waals surface area contributed by atoms with Crippen molar-refractivity contribution < 1.29 is 4.79 Å². The lowest BCUT2D eigenvalue weighted by molar-refractivity contribution is -0.122. The van der Waals surface area contributed by atoms with E-state index in [0.29, 0.717) is 18.1 Å². The summed E-state index contributed by atoms with van der Waals surface area (Å²) < 4.78 is 0. The summed E-state index contributed by atoms with van der Waals surface area (Å²) in [6.45, 7) is 6.30. The van der Waals surface area contributed by atoms with Crippen molar-refractivity contribution in [1.29, 1.82) is 0 Å². The summed E-state index contributed by atoms with van der Waals surface area (Å²) >= 11 is 0. The third-order valence-corrected chi connectivity index (χ3v) is 3.78. The molecular formula is C16H23NO. The zero-order valence-electron chi connectivity index (χ0n) is 11.4. The van der Waals surface area contributed by atoms with Gasteiger partial charge in [-0.05, 0) is 36.4 Å². The lowest BCUT2D eigenvalue weighted by Gasteiger charge is -2.21. The first kappa shape index (κ1) is 13.3. The van der Waals surface area contributed by atoms with Gasteiger partial charge >= 0.3 is 0 Å². The van der Waals surface area contributed by atoms with Crippen LogP contribution in [0.4, 0.5) is 0 Å². The number of nitrogens with one attached hydrogen (secondary N) is 1. The van der Waals surface area contributed by atoms with Crippen molar-refractivity contribution in [3.8, 4) is 0 Å². The Morgan fingerprint density at radius 2 is 2.06 bits per heavy atom. The third-order valence-electron chi connectivity index (χ3n) is 3.78. The molecule has 1 aliphatic heterocycles. The highest BCUT2D eigenvalue weighted by molar-refractivity contribution is 5.83. The van der Waals surface area contributed by atoms with Crippen LogP contribution in [0.2, 0.25) is 0 Å². The molecule has 1 aromatic carbocycles. The van der Waals surface area contributed by atoms with Crippen molar-refractivity contribution in [3.05, 3.63) is 35.4 Å². The second kappa shape index (κ2) is 6.14. The normalized spacial score (nSPS) is 20.1. The van der Waals surface area contributed by atoms with Gasteiger partial charge in [0.15, 0.2) is 0 Å². The maximum atomic E-state index is 12.1. The molecule has 98 valence electrons. The maximum absolute atomic E-state index is 12.1. The van der Waals surface area contributed by atoms with E-state index < -0.39 is 0 Å². The Hall–Kier alpha value is -1.15. The third kappa shape index (κ3) is 3.42. The van der Waals surface area contributed by atoms with E-state index >= 15 is 0 Å². The number of hydrogen-bond donors (Lipinski definition) is 1. The molecule has 18 heavy (non-hydrogen) atoms. The molecule has 2 nitrogen and oxygen atoms in total. The first-order valence-corrected chi connectivity index (χ1v) is 6.99. The van der Waals surface area contributed by atoms with E-state index in [4.69, 9.17) is 0 Å². The molecule has 0 saturated carbocycles. The number of hydrogen-bond acceptors (Lipinski definition) is 2. The fourth-order valence-corrected chi connectivity index (χ4v) is 2.49. The van der Waals surface area contributed by atoms with Crippen molar-refractivity contribution in [3.63, 3.8) is 0 Å². The number of piperidine rings is 1. The Morgan fingerprint density at radius 1 is 1.33 bits per heavy atom. The number of rotatable bonds is 4. The molecule has 0 bridgehead atoms. The van der Waals surface area contributed by atoms with Crippen LogP contribution in [0.25, 0.3) is 0 Å². The summed E-state index contributed by atoms with van der Waals surface area (Å²) in [5.74, 6) is 1.17. The molecule has 0 aromatic heterocycles. The molecule has 1 unspecified atom stereocenters. The van der Waals surface area contributed by atoms with Crippen LogP contribution in [0.3, 0.4) is 0 Å². The van der Waals surface area contributed by atoms with Crippen molar-refractivity contribution in [2.45, 2.75) is 39.0 Å². The smallest absolute Gasteiger partial charge is 0.141 e. The average Bonchev–Trinajstić information content (AvgIpc) is 2.40. The minimum absolute atomic E-state index is 0.225. The van der Waals surface area contributed by atoms with Crippen LogP contribution in [0.15, 0.2) is 24.3 Å². The number of benzene rings is 1. The summed E-state index contributed by atoms with van der Waals surface area (Å²) in [7, 11) is 0. The molecule has 1 aromatic rings. The summed E-state index contributed by atoms with van der Waals surface area (Å²) in [5, 5.41) is 3.30. The van der Waals surface area contributed by atoms with Gasteiger partial charge in [-0.2, -0.15) is 0 Å². The predicted octanol–water partition coefficient (Wildman–Crippen LogP) is 2.92. The largest absolute Gasteiger partial charge is 0.316 e. The van der Waals surface area contributed by atoms with E-state index in [0.717, 1.165) is 31.5 Å². The van der Waals surface area contributed by atoms with Gasteiger partial charge in [-0.3, -0.25) is 4.79 Å². The van der Waals surface area contributed by atoms with Gasteiger partial charge in [0, 0.05) is 18.9 Å². The van der Waals surface area contributed by atoms with Gasteiger partial charge in [-0.1, -0.05) is 38.1 Å². The molecule has 2 rings (SSSR count). The van der Waals surface area contributed by atoms with E-state index in [1.807, 2.05) is 0 Å². The lowest BCUT2D eigenvalue weighted by Crippen LogP contribution is -2.35. The van der Waals surface area contributed by atoms with Gasteiger partial charge in [0.05, 0.1) is 0 Å². The van der Waals surface area contributed by atoms with Gasteiger partial charge in [0.25, 0.3) is 0 Å². The average molecular weight is 245 g/mol. The van der Waals surface area contributed by atoms with E-state index in [1.54, 1.807) is 0 Å². The van der Waals surface area contributed by atoms with Crippen LogP contribution < -0.4 is 5.32 Å². The topological polar surface area (TPSA) is 29.1 Å². The van der Waals surface area contributed by atoms with Crippen LogP contribution in [-0.4, -0.2) is 18.9 Å². The van der Waals surface area contributed by atoms with Crippen molar-refractivity contribution in [1.82, 2.24) is 5.32 Å². The van der Waals surface area contributed by atoms with E-state index in [1.165, 1.54) is 5.56 Å². The molecule has 0 spiro atoms. The summed E-state index contributed by atoms with van der Waals surface area (Å²) in [5.41, 5.74) is 2.49. The first-order valence-electron chi connectivity index (χ1n) is 6.99. The fourth-order valence-electron chi connectivity index (χ4n) is 2.49.